The van der Waals surface area contributed by atoms with Gasteiger partial charge in [0.2, 0.25) is 0 Å². The first-order valence-electron chi connectivity index (χ1n) is 18.1. The molecule has 0 spiro atoms. The zero-order chi connectivity index (χ0) is 38.5. The normalized spacial score (nSPS) is 21.1. The highest BCUT2D eigenvalue weighted by molar-refractivity contribution is 9.10. The van der Waals surface area contributed by atoms with Crippen molar-refractivity contribution in [2.75, 3.05) is 18.5 Å². The molecule has 0 unspecified atom stereocenters. The first kappa shape index (κ1) is 42.9. The van der Waals surface area contributed by atoms with Crippen LogP contribution >= 0.6 is 15.9 Å². The second kappa shape index (κ2) is 20.7. The summed E-state index contributed by atoms with van der Waals surface area (Å²) in [7, 11) is 0. The molecule has 3 heterocycles. The van der Waals surface area contributed by atoms with Crippen LogP contribution < -0.4 is 5.32 Å². The van der Waals surface area contributed by atoms with Gasteiger partial charge in [-0.2, -0.15) is 0 Å². The number of anilines is 1. The van der Waals surface area contributed by atoms with Crippen molar-refractivity contribution in [3.05, 3.63) is 51.9 Å². The maximum atomic E-state index is 13.8. The van der Waals surface area contributed by atoms with Crippen LogP contribution in [0, 0.1) is 30.4 Å². The highest BCUT2D eigenvalue weighted by atomic mass is 79.9. The fourth-order valence-electron chi connectivity index (χ4n) is 6.91. The van der Waals surface area contributed by atoms with Crippen LogP contribution in [0.25, 0.3) is 11.0 Å². The summed E-state index contributed by atoms with van der Waals surface area (Å²) in [4.78, 5) is 41.4. The number of halogens is 3. The molecule has 0 saturated heterocycles. The largest absolute Gasteiger partial charge is 0.466 e. The van der Waals surface area contributed by atoms with Crippen LogP contribution in [0.15, 0.2) is 29.0 Å². The molecule has 0 amide bonds. The van der Waals surface area contributed by atoms with Crippen molar-refractivity contribution in [2.24, 2.45) is 11.8 Å². The average Bonchev–Trinajstić information content (AvgIpc) is 3.37. The van der Waals surface area contributed by atoms with Gasteiger partial charge in [-0.25, -0.2) is 23.5 Å². The van der Waals surface area contributed by atoms with E-state index in [0.717, 1.165) is 57.1 Å². The number of rotatable bonds is 10. The number of aromatic nitrogens is 3. The molecule has 52 heavy (non-hydrogen) atoms. The molecule has 0 aliphatic heterocycles. The lowest BCUT2D eigenvalue weighted by Crippen LogP contribution is -2.31. The molecule has 0 aromatic carbocycles. The molecule has 3 aromatic rings. The summed E-state index contributed by atoms with van der Waals surface area (Å²) in [5.74, 6) is -0.257. The van der Waals surface area contributed by atoms with Crippen LogP contribution in [0.1, 0.15) is 114 Å². The number of ketones is 1. The van der Waals surface area contributed by atoms with Crippen LogP contribution in [-0.2, 0) is 19.1 Å². The number of fused-ring (bicyclic) bond motifs is 1. The van der Waals surface area contributed by atoms with E-state index in [1.54, 1.807) is 13.8 Å². The van der Waals surface area contributed by atoms with E-state index in [-0.39, 0.29) is 48.9 Å². The minimum absolute atomic E-state index is 0.103. The Labute approximate surface area is 313 Å². The Kier molecular flexibility index (Phi) is 17.1. The maximum Gasteiger partial charge on any atom is 0.340 e. The molecule has 2 atom stereocenters. The van der Waals surface area contributed by atoms with Crippen molar-refractivity contribution < 1.29 is 42.9 Å². The summed E-state index contributed by atoms with van der Waals surface area (Å²) in [5.41, 5.74) is 1.76. The van der Waals surface area contributed by atoms with E-state index in [1.807, 2.05) is 11.5 Å². The van der Waals surface area contributed by atoms with E-state index >= 15 is 0 Å². The minimum atomic E-state index is -0.469. The van der Waals surface area contributed by atoms with Crippen LogP contribution in [0.3, 0.4) is 0 Å². The Bertz CT molecular complexity index is 1640. The fourth-order valence-corrected chi connectivity index (χ4v) is 7.34. The van der Waals surface area contributed by atoms with Gasteiger partial charge in [-0.15, -0.1) is 0 Å². The number of carbonyl (C=O) groups excluding carboxylic acids is 3. The minimum Gasteiger partial charge on any atom is -0.466 e. The smallest absolute Gasteiger partial charge is 0.340 e. The van der Waals surface area contributed by atoms with Crippen LogP contribution in [0.2, 0.25) is 0 Å². The maximum absolute atomic E-state index is 13.8. The molecule has 2 saturated carbocycles. The number of pyridine rings is 2. The molecule has 3 N–H and O–H groups in total. The van der Waals surface area contributed by atoms with E-state index < -0.39 is 17.8 Å². The quantitative estimate of drug-likeness (QED) is 0.138. The predicted octanol–water partition coefficient (Wildman–Crippen LogP) is 7.64. The number of nitrogens with zero attached hydrogens (tertiary/aromatic N) is 3. The van der Waals surface area contributed by atoms with E-state index in [1.165, 1.54) is 31.5 Å². The summed E-state index contributed by atoms with van der Waals surface area (Å²) in [6, 6.07) is 3.14. The number of ether oxygens (including phenoxy) is 2. The van der Waals surface area contributed by atoms with Crippen molar-refractivity contribution in [3.63, 3.8) is 0 Å². The zero-order valence-corrected chi connectivity index (χ0v) is 32.5. The highest BCUT2D eigenvalue weighted by Crippen LogP contribution is 2.37. The number of carbonyl (C=O) groups is 3. The Morgan fingerprint density at radius 1 is 0.904 bits per heavy atom. The standard InChI is InChI=1S/C19H25FN2O3.C13H18BrFN2O.C6H10O3/c1-4-25-19(24)17-12(3)22(18-16(17)9-14(20)10-21-18)11(2)13-5-7-15(23)8-6-13;1-8(9-2-4-11(18)5-3-9)17-13-12(14)6-10(15)7-16-13;1-3-9-6(8)4-5(2)7/h9-11,13,15,23H,4-8H2,1-3H3;6-9,11,18H,2-5H2,1H3,(H,16,17);3-4H2,1-2H3/t11-,13?,15?;8-,9?,11?;/m11./s1. The molecule has 5 rings (SSSR count). The number of nitrogens with one attached hydrogen (secondary N) is 1. The SMILES string of the molecule is CCOC(=O)CC(C)=O.CCOC(=O)c1c(C)n([C@H](C)C2CCC(O)CC2)c2ncc(F)cc12.C[C@@H](Nc1ncc(F)cc1Br)C1CCC(O)CC1. The van der Waals surface area contributed by atoms with Gasteiger partial charge in [0.15, 0.2) is 0 Å². The van der Waals surface area contributed by atoms with E-state index in [9.17, 15) is 33.4 Å². The fraction of sp³-hybridized carbons (Fsp3) is 0.605. The van der Waals surface area contributed by atoms with E-state index in [4.69, 9.17) is 4.74 Å². The van der Waals surface area contributed by atoms with Crippen LogP contribution in [0.5, 0.6) is 0 Å². The molecule has 2 aliphatic rings. The number of hydrogen-bond donors (Lipinski definition) is 3. The topological polar surface area (TPSA) is 153 Å². The molecular formula is C38H53BrF2N4O7. The van der Waals surface area contributed by atoms with Gasteiger partial charge in [0.05, 0.1) is 47.9 Å². The lowest BCUT2D eigenvalue weighted by Gasteiger charge is -2.32. The third-order valence-corrected chi connectivity index (χ3v) is 10.3. The monoisotopic (exact) mass is 794 g/mol. The third-order valence-electron chi connectivity index (χ3n) is 9.68. The summed E-state index contributed by atoms with van der Waals surface area (Å²) in [6.45, 7) is 11.5. The number of aliphatic hydroxyl groups excluding tert-OH is 2. The highest BCUT2D eigenvalue weighted by Gasteiger charge is 2.30. The second-order valence-electron chi connectivity index (χ2n) is 13.6. The Morgan fingerprint density at radius 3 is 1.98 bits per heavy atom. The van der Waals surface area contributed by atoms with Gasteiger partial charge in [0, 0.05) is 23.2 Å². The number of esters is 2. The second-order valence-corrected chi connectivity index (χ2v) is 14.4. The lowest BCUT2D eigenvalue weighted by molar-refractivity contribution is -0.145. The molecular weight excluding hydrogens is 742 g/mol. The average molecular weight is 796 g/mol. The number of hydrogen-bond acceptors (Lipinski definition) is 10. The Morgan fingerprint density at radius 2 is 1.44 bits per heavy atom. The molecule has 0 radical (unpaired) electrons. The molecule has 288 valence electrons. The predicted molar refractivity (Wildman–Crippen MR) is 198 cm³/mol. The van der Waals surface area contributed by atoms with Gasteiger partial charge in [-0.05, 0) is 133 Å². The first-order valence-corrected chi connectivity index (χ1v) is 18.9. The number of Topliss-reactive ketones (excluding diaryl/α,β-unsaturated/α-hetero) is 1. The van der Waals surface area contributed by atoms with Gasteiger partial charge < -0.3 is 29.6 Å². The first-order chi connectivity index (χ1) is 24.7. The summed E-state index contributed by atoms with van der Waals surface area (Å²) in [5, 5.41) is 23.1. The lowest BCUT2D eigenvalue weighted by atomic mass is 9.83. The van der Waals surface area contributed by atoms with Gasteiger partial charge in [-0.3, -0.25) is 9.59 Å². The van der Waals surface area contributed by atoms with Gasteiger partial charge in [-0.1, -0.05) is 0 Å². The van der Waals surface area contributed by atoms with E-state index in [2.05, 4.69) is 49.8 Å². The Balaban J connectivity index is 0.000000236. The summed E-state index contributed by atoms with van der Waals surface area (Å²) < 4.78 is 39.0. The van der Waals surface area contributed by atoms with Crippen molar-refractivity contribution in [1.82, 2.24) is 14.5 Å². The Hall–Kier alpha value is -3.49. The molecule has 0 bridgehead atoms. The van der Waals surface area contributed by atoms with Crippen LogP contribution in [-0.4, -0.2) is 73.9 Å². The van der Waals surface area contributed by atoms with Crippen molar-refractivity contribution in [1.29, 1.82) is 0 Å². The zero-order valence-electron chi connectivity index (χ0n) is 31.0. The van der Waals surface area contributed by atoms with Gasteiger partial charge in [0.1, 0.15) is 35.3 Å². The van der Waals surface area contributed by atoms with E-state index in [0.29, 0.717) is 45.3 Å². The molecule has 2 fully saturated rings. The van der Waals surface area contributed by atoms with Crippen molar-refractivity contribution >= 4 is 50.5 Å². The molecule has 11 nitrogen and oxygen atoms in total. The third kappa shape index (κ3) is 12.3. The summed E-state index contributed by atoms with van der Waals surface area (Å²) >= 11 is 3.30. The molecule has 2 aliphatic carbocycles. The van der Waals surface area contributed by atoms with Crippen molar-refractivity contribution in [3.8, 4) is 0 Å². The summed E-state index contributed by atoms with van der Waals surface area (Å²) in [6.07, 6.45) is 9.17. The van der Waals surface area contributed by atoms with Gasteiger partial charge in [0.25, 0.3) is 0 Å². The van der Waals surface area contributed by atoms with Crippen LogP contribution in [0.4, 0.5) is 14.6 Å². The number of aliphatic hydroxyl groups is 2. The molecule has 14 heteroatoms. The van der Waals surface area contributed by atoms with Gasteiger partial charge >= 0.3 is 11.9 Å². The van der Waals surface area contributed by atoms with Crippen molar-refractivity contribution in [2.45, 2.75) is 124 Å². The molecule has 3 aromatic heterocycles.